The molecule has 3 heteroatoms. The molecule has 0 radical (unpaired) electrons. The van der Waals surface area contributed by atoms with Crippen LogP contribution < -0.4 is 0 Å². The topological polar surface area (TPSA) is 6.48 Å². The van der Waals surface area contributed by atoms with E-state index in [1.807, 2.05) is 14.1 Å². The second-order valence-corrected chi connectivity index (χ2v) is 4.06. The first-order valence-electron chi connectivity index (χ1n) is 4.37. The van der Waals surface area contributed by atoms with Crippen molar-refractivity contribution in [3.8, 4) is 0 Å². The summed E-state index contributed by atoms with van der Waals surface area (Å²) in [5, 5.41) is 0.917. The minimum atomic E-state index is 0.471. The van der Waals surface area contributed by atoms with Gasteiger partial charge in [0.25, 0.3) is 0 Å². The monoisotopic (exact) mass is 188 g/mol. The fraction of sp³-hybridized carbons (Fsp3) is 0.889. The zero-order chi connectivity index (χ0) is 9.89. The van der Waals surface area contributed by atoms with Crippen LogP contribution in [0.3, 0.4) is 0 Å². The van der Waals surface area contributed by atoms with Gasteiger partial charge in [0.1, 0.15) is 0 Å². The van der Waals surface area contributed by atoms with E-state index >= 15 is 0 Å². The quantitative estimate of drug-likeness (QED) is 0.612. The molecule has 72 valence electrons. The summed E-state index contributed by atoms with van der Waals surface area (Å²) in [6, 6.07) is 0.942. The molecule has 0 atom stereocenters. The fourth-order valence-corrected chi connectivity index (χ4v) is 1.11. The number of hydrogen-bond acceptors (Lipinski definition) is 1. The Morgan fingerprint density at radius 1 is 0.917 bits per heavy atom. The number of rotatable bonds is 2. The van der Waals surface area contributed by atoms with Crippen molar-refractivity contribution in [1.82, 2.24) is 9.80 Å². The standard InChI is InChI=1S/C9H20N2S/c1-7(2)10(5)9(12)11(6)8(3)4/h7-8H,1-6H3. The van der Waals surface area contributed by atoms with E-state index in [9.17, 15) is 0 Å². The van der Waals surface area contributed by atoms with Gasteiger partial charge in [-0.25, -0.2) is 0 Å². The molecular formula is C9H20N2S. The minimum absolute atomic E-state index is 0.471. The lowest BCUT2D eigenvalue weighted by atomic mass is 10.3. The van der Waals surface area contributed by atoms with Gasteiger partial charge in [-0.2, -0.15) is 0 Å². The SMILES string of the molecule is CC(C)N(C)C(=S)N(C)C(C)C. The molecule has 0 aromatic carbocycles. The second-order valence-electron chi connectivity index (χ2n) is 3.69. The highest BCUT2D eigenvalue weighted by atomic mass is 32.1. The summed E-state index contributed by atoms with van der Waals surface area (Å²) in [6.45, 7) is 8.56. The van der Waals surface area contributed by atoms with E-state index in [2.05, 4.69) is 37.5 Å². The molecule has 0 unspecified atom stereocenters. The van der Waals surface area contributed by atoms with Crippen molar-refractivity contribution in [3.63, 3.8) is 0 Å². The largest absolute Gasteiger partial charge is 0.350 e. The van der Waals surface area contributed by atoms with E-state index in [-0.39, 0.29) is 0 Å². The van der Waals surface area contributed by atoms with Crippen LogP contribution in [0, 0.1) is 0 Å². The summed E-state index contributed by atoms with van der Waals surface area (Å²) in [6.07, 6.45) is 0. The van der Waals surface area contributed by atoms with E-state index in [0.29, 0.717) is 12.1 Å². The molecular weight excluding hydrogens is 168 g/mol. The summed E-state index contributed by atoms with van der Waals surface area (Å²) in [7, 11) is 4.07. The molecule has 0 aliphatic heterocycles. The summed E-state index contributed by atoms with van der Waals surface area (Å²) >= 11 is 5.30. The molecule has 0 N–H and O–H groups in total. The van der Waals surface area contributed by atoms with Crippen LogP contribution >= 0.6 is 12.2 Å². The summed E-state index contributed by atoms with van der Waals surface area (Å²) in [5.74, 6) is 0. The number of hydrogen-bond donors (Lipinski definition) is 0. The lowest BCUT2D eigenvalue weighted by Gasteiger charge is -2.33. The van der Waals surface area contributed by atoms with Gasteiger partial charge >= 0.3 is 0 Å². The molecule has 0 rings (SSSR count). The Morgan fingerprint density at radius 2 is 1.17 bits per heavy atom. The van der Waals surface area contributed by atoms with Gasteiger partial charge in [0.05, 0.1) is 0 Å². The third-order valence-corrected chi connectivity index (χ3v) is 2.73. The Balaban J connectivity index is 4.19. The predicted octanol–water partition coefficient (Wildman–Crippen LogP) is 1.95. The zero-order valence-electron chi connectivity index (χ0n) is 8.96. The Bertz CT molecular complexity index is 139. The van der Waals surface area contributed by atoms with Gasteiger partial charge in [-0.15, -0.1) is 0 Å². The molecule has 0 fully saturated rings. The minimum Gasteiger partial charge on any atom is -0.350 e. The van der Waals surface area contributed by atoms with Crippen molar-refractivity contribution >= 4 is 17.3 Å². The van der Waals surface area contributed by atoms with Crippen LogP contribution in [-0.4, -0.2) is 41.1 Å². The van der Waals surface area contributed by atoms with Crippen molar-refractivity contribution in [1.29, 1.82) is 0 Å². The van der Waals surface area contributed by atoms with E-state index in [1.165, 1.54) is 0 Å². The average molecular weight is 188 g/mol. The van der Waals surface area contributed by atoms with Crippen LogP contribution in [0.1, 0.15) is 27.7 Å². The lowest BCUT2D eigenvalue weighted by Crippen LogP contribution is -2.44. The van der Waals surface area contributed by atoms with E-state index < -0.39 is 0 Å². The van der Waals surface area contributed by atoms with Gasteiger partial charge in [0.15, 0.2) is 5.11 Å². The third kappa shape index (κ3) is 2.97. The van der Waals surface area contributed by atoms with Gasteiger partial charge < -0.3 is 9.80 Å². The van der Waals surface area contributed by atoms with Crippen LogP contribution in [0.15, 0.2) is 0 Å². The maximum atomic E-state index is 5.30. The normalized spacial score (nSPS) is 10.7. The van der Waals surface area contributed by atoms with Crippen LogP contribution in [0.4, 0.5) is 0 Å². The first-order valence-corrected chi connectivity index (χ1v) is 4.78. The summed E-state index contributed by atoms with van der Waals surface area (Å²) in [4.78, 5) is 4.21. The van der Waals surface area contributed by atoms with E-state index in [0.717, 1.165) is 5.11 Å². The van der Waals surface area contributed by atoms with Gasteiger partial charge in [0.2, 0.25) is 0 Å². The molecule has 0 amide bonds. The highest BCUT2D eigenvalue weighted by Gasteiger charge is 2.13. The van der Waals surface area contributed by atoms with Crippen LogP contribution in [0.25, 0.3) is 0 Å². The smallest absolute Gasteiger partial charge is 0.171 e. The van der Waals surface area contributed by atoms with E-state index in [1.54, 1.807) is 0 Å². The average Bonchev–Trinajstić information content (AvgIpc) is 2.00. The zero-order valence-corrected chi connectivity index (χ0v) is 9.77. The van der Waals surface area contributed by atoms with Crippen molar-refractivity contribution in [2.75, 3.05) is 14.1 Å². The Kier molecular flexibility index (Phi) is 4.53. The first kappa shape index (κ1) is 11.7. The molecule has 0 spiro atoms. The predicted molar refractivity (Wildman–Crippen MR) is 58.4 cm³/mol. The molecule has 0 heterocycles. The molecule has 0 aromatic rings. The maximum Gasteiger partial charge on any atom is 0.171 e. The summed E-state index contributed by atoms with van der Waals surface area (Å²) in [5.41, 5.74) is 0. The molecule has 0 aliphatic carbocycles. The van der Waals surface area contributed by atoms with Crippen molar-refractivity contribution in [2.45, 2.75) is 39.8 Å². The van der Waals surface area contributed by atoms with Crippen molar-refractivity contribution < 1.29 is 0 Å². The molecule has 2 nitrogen and oxygen atoms in total. The van der Waals surface area contributed by atoms with Crippen molar-refractivity contribution in [2.24, 2.45) is 0 Å². The summed E-state index contributed by atoms with van der Waals surface area (Å²) < 4.78 is 0. The molecule has 0 saturated heterocycles. The lowest BCUT2D eigenvalue weighted by molar-refractivity contribution is 0.324. The number of nitrogens with zero attached hydrogens (tertiary/aromatic N) is 2. The first-order chi connectivity index (χ1) is 5.37. The highest BCUT2D eigenvalue weighted by Crippen LogP contribution is 2.03. The van der Waals surface area contributed by atoms with Crippen LogP contribution in [0.5, 0.6) is 0 Å². The van der Waals surface area contributed by atoms with Gasteiger partial charge in [-0.05, 0) is 39.9 Å². The third-order valence-electron chi connectivity index (χ3n) is 2.15. The van der Waals surface area contributed by atoms with Crippen LogP contribution in [-0.2, 0) is 0 Å². The molecule has 0 aromatic heterocycles. The van der Waals surface area contributed by atoms with Gasteiger partial charge in [-0.1, -0.05) is 0 Å². The fourth-order valence-electron chi connectivity index (χ4n) is 0.691. The van der Waals surface area contributed by atoms with Crippen molar-refractivity contribution in [3.05, 3.63) is 0 Å². The Labute approximate surface area is 81.5 Å². The number of thiocarbonyl (C=S) groups is 1. The molecule has 0 aliphatic rings. The van der Waals surface area contributed by atoms with Gasteiger partial charge in [0, 0.05) is 26.2 Å². The Hall–Kier alpha value is -0.310. The maximum absolute atomic E-state index is 5.30. The second kappa shape index (κ2) is 4.65. The van der Waals surface area contributed by atoms with Gasteiger partial charge in [-0.3, -0.25) is 0 Å². The Morgan fingerprint density at radius 3 is 1.33 bits per heavy atom. The molecule has 12 heavy (non-hydrogen) atoms. The molecule has 0 bridgehead atoms. The van der Waals surface area contributed by atoms with E-state index in [4.69, 9.17) is 12.2 Å². The van der Waals surface area contributed by atoms with Crippen LogP contribution in [0.2, 0.25) is 0 Å². The highest BCUT2D eigenvalue weighted by molar-refractivity contribution is 7.80. The molecule has 0 saturated carbocycles.